The Morgan fingerprint density at radius 2 is 2.00 bits per heavy atom. The number of hydrogen-bond donors (Lipinski definition) is 2. The second-order valence-electron chi connectivity index (χ2n) is 4.56. The van der Waals surface area contributed by atoms with Crippen LogP contribution in [0.2, 0.25) is 0 Å². The number of rotatable bonds is 6. The van der Waals surface area contributed by atoms with E-state index in [4.69, 9.17) is 9.84 Å². The van der Waals surface area contributed by atoms with Gasteiger partial charge in [-0.15, -0.1) is 0 Å². The summed E-state index contributed by atoms with van der Waals surface area (Å²) in [6, 6.07) is -0.0993. The van der Waals surface area contributed by atoms with E-state index in [1.807, 2.05) is 26.0 Å². The van der Waals surface area contributed by atoms with Gasteiger partial charge in [0.25, 0.3) is 0 Å². The van der Waals surface area contributed by atoms with Crippen LogP contribution in [0.1, 0.15) is 26.7 Å². The maximum atomic E-state index is 12.0. The molecule has 0 bridgehead atoms. The first-order chi connectivity index (χ1) is 8.56. The van der Waals surface area contributed by atoms with E-state index in [-0.39, 0.29) is 11.9 Å². The number of aliphatic carboxylic acids is 1. The average molecular weight is 255 g/mol. The predicted octanol–water partition coefficient (Wildman–Crippen LogP) is 1.19. The van der Waals surface area contributed by atoms with Crippen molar-refractivity contribution >= 4 is 11.9 Å². The van der Waals surface area contributed by atoms with E-state index < -0.39 is 17.8 Å². The first-order valence-corrected chi connectivity index (χ1v) is 6.32. The van der Waals surface area contributed by atoms with Crippen LogP contribution in [-0.2, 0) is 14.3 Å². The molecule has 1 aliphatic rings. The van der Waals surface area contributed by atoms with Crippen LogP contribution in [-0.4, -0.2) is 36.2 Å². The molecule has 1 aliphatic carbocycles. The molecule has 0 spiro atoms. The van der Waals surface area contributed by atoms with E-state index in [1.54, 1.807) is 0 Å². The quantitative estimate of drug-likeness (QED) is 0.699. The van der Waals surface area contributed by atoms with E-state index in [2.05, 4.69) is 5.32 Å². The number of hydrogen-bond acceptors (Lipinski definition) is 3. The number of carbonyl (C=O) groups is 2. The largest absolute Gasteiger partial charge is 0.481 e. The highest BCUT2D eigenvalue weighted by molar-refractivity contribution is 5.85. The highest BCUT2D eigenvalue weighted by atomic mass is 16.5. The van der Waals surface area contributed by atoms with E-state index in [0.717, 1.165) is 0 Å². The van der Waals surface area contributed by atoms with Gasteiger partial charge in [-0.3, -0.25) is 9.59 Å². The molecule has 1 amide bonds. The topological polar surface area (TPSA) is 75.6 Å². The van der Waals surface area contributed by atoms with Crippen molar-refractivity contribution in [1.29, 1.82) is 0 Å². The molecular weight excluding hydrogens is 234 g/mol. The van der Waals surface area contributed by atoms with Gasteiger partial charge >= 0.3 is 5.97 Å². The van der Waals surface area contributed by atoms with E-state index in [1.165, 1.54) is 0 Å². The number of carbonyl (C=O) groups excluding carboxylic acids is 1. The number of ether oxygens (including phenoxy) is 1. The predicted molar refractivity (Wildman–Crippen MR) is 67.1 cm³/mol. The molecule has 18 heavy (non-hydrogen) atoms. The minimum absolute atomic E-state index is 0.0993. The Balaban J connectivity index is 2.53. The summed E-state index contributed by atoms with van der Waals surface area (Å²) >= 11 is 0. The highest BCUT2D eigenvalue weighted by Gasteiger charge is 2.34. The third kappa shape index (κ3) is 4.14. The first kappa shape index (κ1) is 14.7. The van der Waals surface area contributed by atoms with Crippen molar-refractivity contribution in [2.24, 2.45) is 11.8 Å². The van der Waals surface area contributed by atoms with Crippen LogP contribution in [0.3, 0.4) is 0 Å². The Morgan fingerprint density at radius 1 is 1.39 bits per heavy atom. The summed E-state index contributed by atoms with van der Waals surface area (Å²) in [5.41, 5.74) is 0. The van der Waals surface area contributed by atoms with E-state index in [9.17, 15) is 9.59 Å². The minimum atomic E-state index is -0.906. The lowest BCUT2D eigenvalue weighted by atomic mass is 9.82. The Labute approximate surface area is 107 Å². The van der Waals surface area contributed by atoms with Crippen molar-refractivity contribution in [3.8, 4) is 0 Å². The molecule has 0 aromatic heterocycles. The van der Waals surface area contributed by atoms with Crippen molar-refractivity contribution in [3.63, 3.8) is 0 Å². The normalized spacial score (nSPS) is 24.6. The van der Waals surface area contributed by atoms with Crippen molar-refractivity contribution in [2.75, 3.05) is 13.2 Å². The van der Waals surface area contributed by atoms with Crippen molar-refractivity contribution in [1.82, 2.24) is 5.32 Å². The zero-order chi connectivity index (χ0) is 13.5. The van der Waals surface area contributed by atoms with Gasteiger partial charge in [0, 0.05) is 12.6 Å². The van der Waals surface area contributed by atoms with Crippen molar-refractivity contribution < 1.29 is 19.4 Å². The Morgan fingerprint density at radius 3 is 2.56 bits per heavy atom. The standard InChI is InChI=1S/C13H21NO4/c1-3-18-8-9(2)14-12(15)10-6-4-5-7-11(10)13(16)17/h4-5,9-11H,3,6-8H2,1-2H3,(H,14,15)(H,16,17)/t9?,10-,11+/m1/s1. The number of carboxylic acid groups (broad SMARTS) is 1. The lowest BCUT2D eigenvalue weighted by Crippen LogP contribution is -2.44. The molecular formula is C13H21NO4. The maximum Gasteiger partial charge on any atom is 0.307 e. The third-order valence-electron chi connectivity index (χ3n) is 3.05. The molecule has 3 atom stereocenters. The molecule has 102 valence electrons. The molecule has 0 radical (unpaired) electrons. The molecule has 0 aromatic rings. The zero-order valence-electron chi connectivity index (χ0n) is 10.9. The van der Waals surface area contributed by atoms with Crippen LogP contribution in [0, 0.1) is 11.8 Å². The summed E-state index contributed by atoms with van der Waals surface area (Å²) < 4.78 is 5.21. The fourth-order valence-corrected chi connectivity index (χ4v) is 2.06. The SMILES string of the molecule is CCOCC(C)NC(=O)[C@@H]1CC=CC[C@@H]1C(=O)O. The van der Waals surface area contributed by atoms with E-state index >= 15 is 0 Å². The van der Waals surface area contributed by atoms with Gasteiger partial charge in [0.1, 0.15) is 0 Å². The monoisotopic (exact) mass is 255 g/mol. The van der Waals surface area contributed by atoms with E-state index in [0.29, 0.717) is 26.1 Å². The average Bonchev–Trinajstić information content (AvgIpc) is 2.36. The first-order valence-electron chi connectivity index (χ1n) is 6.32. The number of nitrogens with one attached hydrogen (secondary N) is 1. The lowest BCUT2D eigenvalue weighted by molar-refractivity contribution is -0.147. The van der Waals surface area contributed by atoms with Crippen LogP contribution in [0.4, 0.5) is 0 Å². The molecule has 2 N–H and O–H groups in total. The van der Waals surface area contributed by atoms with Gasteiger partial charge in [0.05, 0.1) is 18.4 Å². The summed E-state index contributed by atoms with van der Waals surface area (Å²) in [5, 5.41) is 11.9. The molecule has 0 fully saturated rings. The van der Waals surface area contributed by atoms with Gasteiger partial charge in [-0.1, -0.05) is 12.2 Å². The van der Waals surface area contributed by atoms with Crippen LogP contribution in [0.15, 0.2) is 12.2 Å². The summed E-state index contributed by atoms with van der Waals surface area (Å²) in [7, 11) is 0. The lowest BCUT2D eigenvalue weighted by Gasteiger charge is -2.25. The van der Waals surface area contributed by atoms with Crippen LogP contribution >= 0.6 is 0 Å². The van der Waals surface area contributed by atoms with Gasteiger partial charge in [0.15, 0.2) is 0 Å². The second kappa shape index (κ2) is 7.16. The second-order valence-corrected chi connectivity index (χ2v) is 4.56. The fraction of sp³-hybridized carbons (Fsp3) is 0.692. The molecule has 0 saturated carbocycles. The Bertz CT molecular complexity index is 327. The molecule has 0 saturated heterocycles. The van der Waals surface area contributed by atoms with Crippen molar-refractivity contribution in [3.05, 3.63) is 12.2 Å². The van der Waals surface area contributed by atoms with Crippen LogP contribution in [0.5, 0.6) is 0 Å². The minimum Gasteiger partial charge on any atom is -0.481 e. The van der Waals surface area contributed by atoms with Crippen LogP contribution < -0.4 is 5.32 Å². The van der Waals surface area contributed by atoms with Crippen molar-refractivity contribution in [2.45, 2.75) is 32.7 Å². The summed E-state index contributed by atoms with van der Waals surface area (Å²) in [5.74, 6) is -2.19. The summed E-state index contributed by atoms with van der Waals surface area (Å²) in [4.78, 5) is 23.1. The zero-order valence-corrected chi connectivity index (χ0v) is 10.9. The molecule has 1 rings (SSSR count). The third-order valence-corrected chi connectivity index (χ3v) is 3.05. The molecule has 0 aliphatic heterocycles. The van der Waals surface area contributed by atoms with Gasteiger partial charge < -0.3 is 15.2 Å². The van der Waals surface area contributed by atoms with Gasteiger partial charge in [-0.05, 0) is 26.7 Å². The maximum absolute atomic E-state index is 12.0. The van der Waals surface area contributed by atoms with Crippen LogP contribution in [0.25, 0.3) is 0 Å². The number of carboxylic acids is 1. The molecule has 5 heteroatoms. The molecule has 0 heterocycles. The number of amides is 1. The Hall–Kier alpha value is -1.36. The smallest absolute Gasteiger partial charge is 0.307 e. The van der Waals surface area contributed by atoms with Gasteiger partial charge in [-0.25, -0.2) is 0 Å². The summed E-state index contributed by atoms with van der Waals surface area (Å²) in [6.45, 7) is 4.79. The van der Waals surface area contributed by atoms with Gasteiger partial charge in [-0.2, -0.15) is 0 Å². The molecule has 1 unspecified atom stereocenters. The molecule has 0 aromatic carbocycles. The van der Waals surface area contributed by atoms with Gasteiger partial charge in [0.2, 0.25) is 5.91 Å². The number of allylic oxidation sites excluding steroid dienone is 2. The highest BCUT2D eigenvalue weighted by Crippen LogP contribution is 2.26. The Kier molecular flexibility index (Phi) is 5.85. The molecule has 5 nitrogen and oxygen atoms in total. The fourth-order valence-electron chi connectivity index (χ4n) is 2.06. The summed E-state index contributed by atoms with van der Waals surface area (Å²) in [6.07, 6.45) is 4.61.